The first-order valence-corrected chi connectivity index (χ1v) is 4.81. The number of nitrogens with two attached hydrogens (primary N) is 1. The average Bonchev–Trinajstić information content (AvgIpc) is 2.07. The molecular weight excluding hydrogens is 244 g/mol. The highest BCUT2D eigenvalue weighted by Gasteiger charge is 2.20. The Morgan fingerprint density at radius 1 is 1.36 bits per heavy atom. The van der Waals surface area contributed by atoms with Crippen molar-refractivity contribution in [2.45, 2.75) is 12.5 Å². The number of hydrogen-bond donors (Lipinski definition) is 1. The molecule has 5 heteroatoms. The molecule has 0 bridgehead atoms. The zero-order chi connectivity index (χ0) is 9.42. The van der Waals surface area contributed by atoms with E-state index in [0.29, 0.717) is 22.4 Å². The van der Waals surface area contributed by atoms with E-state index in [1.807, 2.05) is 6.07 Å². The Bertz CT molecular complexity index is 343. The van der Waals surface area contributed by atoms with Crippen molar-refractivity contribution in [1.29, 1.82) is 0 Å². The highest BCUT2D eigenvalue weighted by atomic mass is 35.5. The molecule has 0 amide bonds. The van der Waals surface area contributed by atoms with E-state index in [2.05, 4.69) is 0 Å². The summed E-state index contributed by atoms with van der Waals surface area (Å²) in [5.74, 6) is 0.685. The van der Waals surface area contributed by atoms with Crippen LogP contribution < -0.4 is 10.5 Å². The third-order valence-corrected chi connectivity index (χ3v) is 2.61. The molecule has 0 saturated carbocycles. The Morgan fingerprint density at radius 2 is 2.07 bits per heavy atom. The Hall–Kier alpha value is -0.150. The van der Waals surface area contributed by atoms with Crippen molar-refractivity contribution in [2.24, 2.45) is 5.73 Å². The monoisotopic (exact) mass is 253 g/mol. The maximum absolute atomic E-state index is 5.95. The molecular formula is C9H10Cl3NO. The van der Waals surface area contributed by atoms with Crippen LogP contribution in [0, 0.1) is 0 Å². The van der Waals surface area contributed by atoms with Crippen molar-refractivity contribution in [3.63, 3.8) is 0 Å². The van der Waals surface area contributed by atoms with Crippen LogP contribution in [0.3, 0.4) is 0 Å². The van der Waals surface area contributed by atoms with Crippen LogP contribution >= 0.6 is 35.6 Å². The molecule has 1 aliphatic heterocycles. The zero-order valence-electron chi connectivity index (χ0n) is 7.30. The summed E-state index contributed by atoms with van der Waals surface area (Å²) in [7, 11) is 0. The predicted molar refractivity (Wildman–Crippen MR) is 60.8 cm³/mol. The second kappa shape index (κ2) is 4.58. The summed E-state index contributed by atoms with van der Waals surface area (Å²) in [5, 5.41) is 1.14. The Labute approximate surface area is 98.7 Å². The van der Waals surface area contributed by atoms with E-state index in [0.717, 1.165) is 12.0 Å². The van der Waals surface area contributed by atoms with Gasteiger partial charge in [-0.05, 0) is 12.1 Å². The standard InChI is InChI=1S/C9H9Cl2NO.ClH/c10-5-3-6-8(12)1-2-13-9(6)7(11)4-5;/h3-4,8H,1-2,12H2;1H. The number of halogens is 3. The second-order valence-corrected chi connectivity index (χ2v) is 3.89. The highest BCUT2D eigenvalue weighted by Crippen LogP contribution is 2.38. The van der Waals surface area contributed by atoms with E-state index in [1.165, 1.54) is 0 Å². The van der Waals surface area contributed by atoms with Gasteiger partial charge in [-0.1, -0.05) is 23.2 Å². The van der Waals surface area contributed by atoms with E-state index in [-0.39, 0.29) is 18.4 Å². The van der Waals surface area contributed by atoms with Gasteiger partial charge in [0.2, 0.25) is 0 Å². The predicted octanol–water partition coefficient (Wildman–Crippen LogP) is 3.20. The maximum Gasteiger partial charge on any atom is 0.142 e. The van der Waals surface area contributed by atoms with Crippen molar-refractivity contribution in [2.75, 3.05) is 6.61 Å². The summed E-state index contributed by atoms with van der Waals surface area (Å²) < 4.78 is 5.41. The molecule has 14 heavy (non-hydrogen) atoms. The number of rotatable bonds is 0. The fraction of sp³-hybridized carbons (Fsp3) is 0.333. The quantitative estimate of drug-likeness (QED) is 0.772. The van der Waals surface area contributed by atoms with Gasteiger partial charge in [-0.2, -0.15) is 0 Å². The smallest absolute Gasteiger partial charge is 0.142 e. The second-order valence-electron chi connectivity index (χ2n) is 3.05. The first-order valence-electron chi connectivity index (χ1n) is 4.06. The minimum absolute atomic E-state index is 0. The molecule has 0 saturated heterocycles. The summed E-state index contributed by atoms with van der Waals surface area (Å²) in [6, 6.07) is 3.46. The highest BCUT2D eigenvalue weighted by molar-refractivity contribution is 6.35. The third-order valence-electron chi connectivity index (χ3n) is 2.11. The van der Waals surface area contributed by atoms with Gasteiger partial charge in [-0.15, -0.1) is 12.4 Å². The van der Waals surface area contributed by atoms with Crippen molar-refractivity contribution in [1.82, 2.24) is 0 Å². The largest absolute Gasteiger partial charge is 0.492 e. The van der Waals surface area contributed by atoms with Crippen LogP contribution in [-0.4, -0.2) is 6.61 Å². The molecule has 2 rings (SSSR count). The number of benzene rings is 1. The first kappa shape index (κ1) is 11.9. The first-order chi connectivity index (χ1) is 6.18. The molecule has 78 valence electrons. The van der Waals surface area contributed by atoms with Gasteiger partial charge in [0.15, 0.2) is 0 Å². The van der Waals surface area contributed by atoms with Crippen molar-refractivity contribution in [3.05, 3.63) is 27.7 Å². The van der Waals surface area contributed by atoms with Crippen molar-refractivity contribution < 1.29 is 4.74 Å². The molecule has 1 atom stereocenters. The number of ether oxygens (including phenoxy) is 1. The molecule has 0 aromatic heterocycles. The lowest BCUT2D eigenvalue weighted by Gasteiger charge is -2.23. The van der Waals surface area contributed by atoms with E-state index in [9.17, 15) is 0 Å². The van der Waals surface area contributed by atoms with E-state index < -0.39 is 0 Å². The molecule has 2 N–H and O–H groups in total. The molecule has 0 radical (unpaired) electrons. The minimum Gasteiger partial charge on any atom is -0.492 e. The normalized spacial score (nSPS) is 19.2. The van der Waals surface area contributed by atoms with E-state index in [4.69, 9.17) is 33.7 Å². The molecule has 0 spiro atoms. The molecule has 1 aromatic rings. The number of hydrogen-bond acceptors (Lipinski definition) is 2. The van der Waals surface area contributed by atoms with E-state index in [1.54, 1.807) is 6.07 Å². The molecule has 2 nitrogen and oxygen atoms in total. The molecule has 1 heterocycles. The van der Waals surface area contributed by atoms with Crippen LogP contribution in [0.5, 0.6) is 5.75 Å². The maximum atomic E-state index is 5.95. The van der Waals surface area contributed by atoms with Crippen LogP contribution in [0.1, 0.15) is 18.0 Å². The lowest BCUT2D eigenvalue weighted by atomic mass is 10.0. The lowest BCUT2D eigenvalue weighted by Crippen LogP contribution is -2.20. The molecule has 0 fully saturated rings. The molecule has 1 aromatic carbocycles. The van der Waals surface area contributed by atoms with Crippen LogP contribution in [0.15, 0.2) is 12.1 Å². The zero-order valence-corrected chi connectivity index (χ0v) is 9.62. The SMILES string of the molecule is Cl.NC1CCOc2c(Cl)cc(Cl)cc21. The molecule has 0 aliphatic carbocycles. The summed E-state index contributed by atoms with van der Waals surface area (Å²) in [6.45, 7) is 0.621. The Balaban J connectivity index is 0.000000980. The van der Waals surface area contributed by atoms with Crippen LogP contribution in [0.2, 0.25) is 10.0 Å². The van der Waals surface area contributed by atoms with Gasteiger partial charge in [0.25, 0.3) is 0 Å². The minimum atomic E-state index is -0.0139. The fourth-order valence-electron chi connectivity index (χ4n) is 1.45. The van der Waals surface area contributed by atoms with Gasteiger partial charge in [-0.3, -0.25) is 0 Å². The Kier molecular flexibility index (Phi) is 3.90. The topological polar surface area (TPSA) is 35.2 Å². The molecule has 1 unspecified atom stereocenters. The van der Waals surface area contributed by atoms with Gasteiger partial charge in [0.05, 0.1) is 11.6 Å². The summed E-state index contributed by atoms with van der Waals surface area (Å²) in [5.41, 5.74) is 6.79. The van der Waals surface area contributed by atoms with Crippen LogP contribution in [-0.2, 0) is 0 Å². The van der Waals surface area contributed by atoms with Gasteiger partial charge < -0.3 is 10.5 Å². The average molecular weight is 255 g/mol. The van der Waals surface area contributed by atoms with Gasteiger partial charge in [0, 0.05) is 23.0 Å². The van der Waals surface area contributed by atoms with Crippen LogP contribution in [0.4, 0.5) is 0 Å². The summed E-state index contributed by atoms with van der Waals surface area (Å²) in [6.07, 6.45) is 0.809. The summed E-state index contributed by atoms with van der Waals surface area (Å²) in [4.78, 5) is 0. The summed E-state index contributed by atoms with van der Waals surface area (Å²) >= 11 is 11.8. The lowest BCUT2D eigenvalue weighted by molar-refractivity contribution is 0.269. The van der Waals surface area contributed by atoms with Crippen molar-refractivity contribution >= 4 is 35.6 Å². The Morgan fingerprint density at radius 3 is 2.79 bits per heavy atom. The fourth-order valence-corrected chi connectivity index (χ4v) is 2.02. The third kappa shape index (κ3) is 2.09. The van der Waals surface area contributed by atoms with Gasteiger partial charge in [-0.25, -0.2) is 0 Å². The van der Waals surface area contributed by atoms with Crippen LogP contribution in [0.25, 0.3) is 0 Å². The van der Waals surface area contributed by atoms with Gasteiger partial charge in [0.1, 0.15) is 5.75 Å². The van der Waals surface area contributed by atoms with Crippen molar-refractivity contribution in [3.8, 4) is 5.75 Å². The molecule has 1 aliphatic rings. The number of fused-ring (bicyclic) bond motifs is 1. The van der Waals surface area contributed by atoms with Gasteiger partial charge >= 0.3 is 0 Å². The van der Waals surface area contributed by atoms with E-state index >= 15 is 0 Å².